The Labute approximate surface area is 139 Å². The molecule has 0 aromatic carbocycles. The summed E-state index contributed by atoms with van der Waals surface area (Å²) in [6.07, 6.45) is 4.89. The molecule has 0 bridgehead atoms. The summed E-state index contributed by atoms with van der Waals surface area (Å²) < 4.78 is 9.93. The number of hydrogen-bond donors (Lipinski definition) is 0. The molecule has 1 saturated heterocycles. The van der Waals surface area contributed by atoms with E-state index in [9.17, 15) is 9.59 Å². The van der Waals surface area contributed by atoms with Gasteiger partial charge >= 0.3 is 6.09 Å². The molecular weight excluding hydrogens is 320 g/mol. The third-order valence-corrected chi connectivity index (χ3v) is 4.26. The summed E-state index contributed by atoms with van der Waals surface area (Å²) in [6, 6.07) is 1.93. The molecule has 23 heavy (non-hydrogen) atoms. The summed E-state index contributed by atoms with van der Waals surface area (Å²) >= 11 is 6.20. The van der Waals surface area contributed by atoms with E-state index in [1.807, 2.05) is 6.07 Å². The molecule has 6 nitrogen and oxygen atoms in total. The van der Waals surface area contributed by atoms with E-state index in [2.05, 4.69) is 4.98 Å². The van der Waals surface area contributed by atoms with Crippen molar-refractivity contribution in [2.24, 2.45) is 0 Å². The van der Waals surface area contributed by atoms with E-state index in [0.717, 1.165) is 41.8 Å². The SMILES string of the molecule is COCCN1C(=O)OC(=Cc2cc3c(nc2Cl)CCCC3)C1=O. The molecule has 0 spiro atoms. The molecule has 1 aromatic heterocycles. The van der Waals surface area contributed by atoms with E-state index < -0.39 is 12.0 Å². The number of pyridine rings is 1. The number of rotatable bonds is 4. The van der Waals surface area contributed by atoms with E-state index in [4.69, 9.17) is 21.1 Å². The van der Waals surface area contributed by atoms with Crippen LogP contribution in [0.3, 0.4) is 0 Å². The van der Waals surface area contributed by atoms with Gasteiger partial charge in [0.2, 0.25) is 0 Å². The summed E-state index contributed by atoms with van der Waals surface area (Å²) in [6.45, 7) is 0.414. The zero-order chi connectivity index (χ0) is 16.4. The maximum atomic E-state index is 12.2. The molecule has 0 unspecified atom stereocenters. The van der Waals surface area contributed by atoms with Crippen molar-refractivity contribution in [1.29, 1.82) is 0 Å². The second-order valence-electron chi connectivity index (χ2n) is 5.51. The average Bonchev–Trinajstić information content (AvgIpc) is 2.80. The second-order valence-corrected chi connectivity index (χ2v) is 5.87. The van der Waals surface area contributed by atoms with Crippen LogP contribution in [-0.4, -0.2) is 42.1 Å². The van der Waals surface area contributed by atoms with Gasteiger partial charge in [-0.2, -0.15) is 0 Å². The molecule has 1 fully saturated rings. The topological polar surface area (TPSA) is 68.7 Å². The van der Waals surface area contributed by atoms with Crippen LogP contribution in [0.1, 0.15) is 29.7 Å². The number of amides is 2. The van der Waals surface area contributed by atoms with Gasteiger partial charge < -0.3 is 9.47 Å². The first-order chi connectivity index (χ1) is 11.1. The minimum atomic E-state index is -0.694. The van der Waals surface area contributed by atoms with Crippen LogP contribution in [0, 0.1) is 0 Å². The minimum absolute atomic E-state index is 0.0365. The number of hydrogen-bond acceptors (Lipinski definition) is 5. The number of cyclic esters (lactones) is 1. The number of aromatic nitrogens is 1. The molecular formula is C16H17ClN2O4. The Morgan fingerprint density at radius 3 is 2.96 bits per heavy atom. The lowest BCUT2D eigenvalue weighted by molar-refractivity contribution is -0.123. The fourth-order valence-corrected chi connectivity index (χ4v) is 2.96. The molecule has 0 atom stereocenters. The predicted molar refractivity (Wildman–Crippen MR) is 83.9 cm³/mol. The fraction of sp³-hybridized carbons (Fsp3) is 0.438. The highest BCUT2D eigenvalue weighted by Crippen LogP contribution is 2.27. The van der Waals surface area contributed by atoms with E-state index in [1.54, 1.807) is 0 Å². The summed E-state index contributed by atoms with van der Waals surface area (Å²) in [7, 11) is 1.50. The van der Waals surface area contributed by atoms with Gasteiger partial charge in [0.05, 0.1) is 13.2 Å². The molecule has 0 radical (unpaired) electrons. The normalized spacial score (nSPS) is 19.2. The first-order valence-corrected chi connectivity index (χ1v) is 7.90. The van der Waals surface area contributed by atoms with E-state index in [-0.39, 0.29) is 18.9 Å². The van der Waals surface area contributed by atoms with Crippen LogP contribution in [0.25, 0.3) is 6.08 Å². The number of imide groups is 1. The third-order valence-electron chi connectivity index (χ3n) is 3.96. The molecule has 3 rings (SSSR count). The van der Waals surface area contributed by atoms with Crippen LogP contribution in [0.15, 0.2) is 11.8 Å². The van der Waals surface area contributed by atoms with Crippen LogP contribution >= 0.6 is 11.6 Å². The van der Waals surface area contributed by atoms with Crippen LogP contribution in [0.5, 0.6) is 0 Å². The van der Waals surface area contributed by atoms with Crippen molar-refractivity contribution < 1.29 is 19.1 Å². The standard InChI is InChI=1S/C16H17ClN2O4/c1-22-7-6-19-15(20)13(23-16(19)21)9-11-8-10-4-2-3-5-12(10)18-14(11)17/h8-9H,2-7H2,1H3. The fourth-order valence-electron chi connectivity index (χ4n) is 2.74. The molecule has 1 aliphatic carbocycles. The van der Waals surface area contributed by atoms with Crippen LogP contribution < -0.4 is 0 Å². The molecule has 1 aromatic rings. The van der Waals surface area contributed by atoms with E-state index in [0.29, 0.717) is 10.7 Å². The monoisotopic (exact) mass is 336 g/mol. The molecule has 2 heterocycles. The second kappa shape index (κ2) is 6.68. The highest BCUT2D eigenvalue weighted by Gasteiger charge is 2.36. The van der Waals surface area contributed by atoms with Crippen molar-refractivity contribution >= 4 is 29.7 Å². The lowest BCUT2D eigenvalue weighted by Crippen LogP contribution is -2.31. The summed E-state index contributed by atoms with van der Waals surface area (Å²) in [5.74, 6) is -0.522. The van der Waals surface area contributed by atoms with Crippen molar-refractivity contribution in [3.63, 3.8) is 0 Å². The Morgan fingerprint density at radius 1 is 1.39 bits per heavy atom. The number of halogens is 1. The molecule has 0 N–H and O–H groups in total. The minimum Gasteiger partial charge on any atom is -0.404 e. The Hall–Kier alpha value is -1.92. The zero-order valence-electron chi connectivity index (χ0n) is 12.8. The highest BCUT2D eigenvalue weighted by atomic mass is 35.5. The van der Waals surface area contributed by atoms with Gasteiger partial charge in [-0.25, -0.2) is 14.7 Å². The number of aryl methyl sites for hydroxylation is 2. The van der Waals surface area contributed by atoms with Crippen LogP contribution in [0.4, 0.5) is 4.79 Å². The van der Waals surface area contributed by atoms with Gasteiger partial charge in [-0.1, -0.05) is 11.6 Å². The highest BCUT2D eigenvalue weighted by molar-refractivity contribution is 6.31. The van der Waals surface area contributed by atoms with Gasteiger partial charge in [0, 0.05) is 18.4 Å². The number of methoxy groups -OCH3 is 1. The zero-order valence-corrected chi connectivity index (χ0v) is 13.6. The quantitative estimate of drug-likeness (QED) is 0.624. The van der Waals surface area contributed by atoms with E-state index in [1.165, 1.54) is 13.2 Å². The van der Waals surface area contributed by atoms with Crippen molar-refractivity contribution in [2.45, 2.75) is 25.7 Å². The number of nitrogens with zero attached hydrogens (tertiary/aromatic N) is 2. The summed E-state index contributed by atoms with van der Waals surface area (Å²) in [5.41, 5.74) is 2.75. The van der Waals surface area contributed by atoms with Crippen molar-refractivity contribution in [2.75, 3.05) is 20.3 Å². The Balaban J connectivity index is 1.87. The first-order valence-electron chi connectivity index (χ1n) is 7.52. The van der Waals surface area contributed by atoms with Gasteiger partial charge in [0.15, 0.2) is 5.76 Å². The summed E-state index contributed by atoms with van der Waals surface area (Å²) in [4.78, 5) is 29.4. The Morgan fingerprint density at radius 2 is 2.17 bits per heavy atom. The Kier molecular flexibility index (Phi) is 4.63. The molecule has 2 aliphatic rings. The number of ether oxygens (including phenoxy) is 2. The van der Waals surface area contributed by atoms with Gasteiger partial charge in [-0.05, 0) is 43.4 Å². The lowest BCUT2D eigenvalue weighted by atomic mass is 9.95. The maximum absolute atomic E-state index is 12.2. The number of fused-ring (bicyclic) bond motifs is 1. The smallest absolute Gasteiger partial charge is 0.404 e. The number of carbonyl (C=O) groups is 2. The molecule has 2 amide bonds. The Bertz CT molecular complexity index is 687. The molecule has 1 aliphatic heterocycles. The lowest BCUT2D eigenvalue weighted by Gasteiger charge is -2.15. The van der Waals surface area contributed by atoms with Gasteiger partial charge in [-0.15, -0.1) is 0 Å². The summed E-state index contributed by atoms with van der Waals surface area (Å²) in [5, 5.41) is 0.317. The van der Waals surface area contributed by atoms with Crippen LogP contribution in [0.2, 0.25) is 5.15 Å². The van der Waals surface area contributed by atoms with Gasteiger partial charge in [0.25, 0.3) is 5.91 Å². The van der Waals surface area contributed by atoms with Gasteiger partial charge in [0.1, 0.15) is 5.15 Å². The van der Waals surface area contributed by atoms with Crippen LogP contribution in [-0.2, 0) is 27.1 Å². The maximum Gasteiger partial charge on any atom is 0.422 e. The van der Waals surface area contributed by atoms with Crippen molar-refractivity contribution in [3.8, 4) is 0 Å². The molecule has 7 heteroatoms. The average molecular weight is 337 g/mol. The third kappa shape index (κ3) is 3.23. The number of carbonyl (C=O) groups excluding carboxylic acids is 2. The molecule has 122 valence electrons. The molecule has 0 saturated carbocycles. The van der Waals surface area contributed by atoms with Gasteiger partial charge in [-0.3, -0.25) is 4.79 Å². The predicted octanol–water partition coefficient (Wildman–Crippen LogP) is 2.58. The van der Waals surface area contributed by atoms with Crippen molar-refractivity contribution in [3.05, 3.63) is 33.8 Å². The van der Waals surface area contributed by atoms with Crippen molar-refractivity contribution in [1.82, 2.24) is 9.88 Å². The van der Waals surface area contributed by atoms with E-state index >= 15 is 0 Å². The largest absolute Gasteiger partial charge is 0.422 e. The first kappa shape index (κ1) is 16.0.